The second kappa shape index (κ2) is 3.23. The topological polar surface area (TPSA) is 54.9 Å². The van der Waals surface area contributed by atoms with Crippen LogP contribution in [0, 0.1) is 11.8 Å². The zero-order valence-electron chi connectivity index (χ0n) is 6.95. The van der Waals surface area contributed by atoms with Gasteiger partial charge in [-0.05, 0) is 23.9 Å². The molecule has 1 saturated carbocycles. The van der Waals surface area contributed by atoms with E-state index in [4.69, 9.17) is 11.6 Å². The van der Waals surface area contributed by atoms with Gasteiger partial charge in [0.05, 0.1) is 0 Å². The van der Waals surface area contributed by atoms with Crippen molar-refractivity contribution in [2.45, 2.75) is 13.3 Å². The van der Waals surface area contributed by atoms with Crippen molar-refractivity contribution < 1.29 is 4.79 Å². The smallest absolute Gasteiger partial charge is 0.229 e. The molecule has 0 spiro atoms. The Bertz CT molecular complexity index is 340. The summed E-state index contributed by atoms with van der Waals surface area (Å²) in [5, 5.41) is 10.4. The Balaban J connectivity index is 1.95. The number of nitrogens with zero attached hydrogens (tertiary/aromatic N) is 2. The molecule has 0 radical (unpaired) electrons. The average Bonchev–Trinajstić information content (AvgIpc) is 2.66. The lowest BCUT2D eigenvalue weighted by molar-refractivity contribution is -0.117. The maximum absolute atomic E-state index is 11.4. The quantitative estimate of drug-likeness (QED) is 0.822. The van der Waals surface area contributed by atoms with Gasteiger partial charge in [-0.1, -0.05) is 18.3 Å². The number of rotatable bonds is 2. The highest BCUT2D eigenvalue weighted by Gasteiger charge is 2.39. The van der Waals surface area contributed by atoms with Crippen LogP contribution in [0.4, 0.5) is 5.13 Å². The van der Waals surface area contributed by atoms with Gasteiger partial charge in [0.25, 0.3) is 0 Å². The van der Waals surface area contributed by atoms with E-state index < -0.39 is 0 Å². The SMILES string of the molecule is CC1CC1C(=O)Nc1nnc(Cl)s1. The minimum absolute atomic E-state index is 0.0281. The predicted molar refractivity (Wildman–Crippen MR) is 50.8 cm³/mol. The van der Waals surface area contributed by atoms with Gasteiger partial charge >= 0.3 is 0 Å². The first-order valence-corrected chi connectivity index (χ1v) is 5.16. The van der Waals surface area contributed by atoms with Crippen molar-refractivity contribution in [1.29, 1.82) is 0 Å². The first-order valence-electron chi connectivity index (χ1n) is 3.96. The molecule has 1 fully saturated rings. The summed E-state index contributed by atoms with van der Waals surface area (Å²) in [6.45, 7) is 2.05. The van der Waals surface area contributed by atoms with Crippen LogP contribution in [0.3, 0.4) is 0 Å². The molecule has 13 heavy (non-hydrogen) atoms. The van der Waals surface area contributed by atoms with E-state index in [9.17, 15) is 4.79 Å². The fraction of sp³-hybridized carbons (Fsp3) is 0.571. The van der Waals surface area contributed by atoms with Gasteiger partial charge < -0.3 is 5.32 Å². The van der Waals surface area contributed by atoms with Gasteiger partial charge in [0.15, 0.2) is 0 Å². The molecule has 1 aromatic rings. The summed E-state index contributed by atoms with van der Waals surface area (Å²) >= 11 is 6.74. The molecule has 70 valence electrons. The first kappa shape index (κ1) is 8.90. The van der Waals surface area contributed by atoms with Crippen LogP contribution in [0.15, 0.2) is 0 Å². The van der Waals surface area contributed by atoms with Crippen molar-refractivity contribution in [3.8, 4) is 0 Å². The van der Waals surface area contributed by atoms with Gasteiger partial charge in [-0.15, -0.1) is 10.2 Å². The van der Waals surface area contributed by atoms with E-state index in [1.165, 1.54) is 11.3 Å². The molecule has 2 atom stereocenters. The lowest BCUT2D eigenvalue weighted by atomic mass is 10.3. The van der Waals surface area contributed by atoms with Gasteiger partial charge in [-0.3, -0.25) is 4.79 Å². The monoisotopic (exact) mass is 217 g/mol. The summed E-state index contributed by atoms with van der Waals surface area (Å²) in [6.07, 6.45) is 0.971. The Morgan fingerprint density at radius 3 is 2.85 bits per heavy atom. The molecule has 1 aliphatic carbocycles. The third-order valence-corrected chi connectivity index (χ3v) is 3.01. The Hall–Kier alpha value is -0.680. The summed E-state index contributed by atoms with van der Waals surface area (Å²) in [5.74, 6) is 0.686. The molecule has 0 saturated heterocycles. The minimum atomic E-state index is 0.0281. The molecule has 6 heteroatoms. The van der Waals surface area contributed by atoms with Crippen LogP contribution >= 0.6 is 22.9 Å². The van der Waals surface area contributed by atoms with Crippen molar-refractivity contribution in [1.82, 2.24) is 10.2 Å². The standard InChI is InChI=1S/C7H8ClN3OS/c1-3-2-4(3)5(12)9-7-11-10-6(8)13-7/h3-4H,2H2,1H3,(H,9,11,12). The van der Waals surface area contributed by atoms with Crippen molar-refractivity contribution in [2.75, 3.05) is 5.32 Å². The van der Waals surface area contributed by atoms with Gasteiger partial charge in [0, 0.05) is 5.92 Å². The molecular formula is C7H8ClN3OS. The van der Waals surface area contributed by atoms with Crippen LogP contribution in [-0.2, 0) is 4.79 Å². The summed E-state index contributed by atoms with van der Waals surface area (Å²) in [4.78, 5) is 11.4. The van der Waals surface area contributed by atoms with E-state index in [0.717, 1.165) is 6.42 Å². The fourth-order valence-corrected chi connectivity index (χ4v) is 1.87. The molecule has 1 aliphatic rings. The zero-order chi connectivity index (χ0) is 9.42. The zero-order valence-corrected chi connectivity index (χ0v) is 8.52. The highest BCUT2D eigenvalue weighted by Crippen LogP contribution is 2.38. The first-order chi connectivity index (χ1) is 6.16. The average molecular weight is 218 g/mol. The molecule has 2 unspecified atom stereocenters. The maximum atomic E-state index is 11.4. The van der Waals surface area contributed by atoms with Gasteiger partial charge in [-0.2, -0.15) is 0 Å². The highest BCUT2D eigenvalue weighted by atomic mass is 35.5. The largest absolute Gasteiger partial charge is 0.300 e. The number of carbonyl (C=O) groups is 1. The van der Waals surface area contributed by atoms with E-state index in [1.807, 2.05) is 0 Å². The number of nitrogens with one attached hydrogen (secondary N) is 1. The molecule has 0 aromatic carbocycles. The van der Waals surface area contributed by atoms with Crippen LogP contribution in [0.25, 0.3) is 0 Å². The molecule has 1 aromatic heterocycles. The lowest BCUT2D eigenvalue weighted by Gasteiger charge is -1.96. The van der Waals surface area contributed by atoms with Crippen LogP contribution in [0.1, 0.15) is 13.3 Å². The van der Waals surface area contributed by atoms with E-state index in [2.05, 4.69) is 22.4 Å². The van der Waals surface area contributed by atoms with Crippen LogP contribution in [0.2, 0.25) is 4.47 Å². The summed E-state index contributed by atoms with van der Waals surface area (Å²) in [7, 11) is 0. The van der Waals surface area contributed by atoms with Gasteiger partial charge in [0.2, 0.25) is 15.5 Å². The molecule has 1 heterocycles. The third-order valence-electron chi connectivity index (χ3n) is 2.08. The minimum Gasteiger partial charge on any atom is -0.300 e. The summed E-state index contributed by atoms with van der Waals surface area (Å²) < 4.78 is 0.346. The summed E-state index contributed by atoms with van der Waals surface area (Å²) in [6, 6.07) is 0. The summed E-state index contributed by atoms with van der Waals surface area (Å²) in [5.41, 5.74) is 0. The lowest BCUT2D eigenvalue weighted by Crippen LogP contribution is -2.14. The van der Waals surface area contributed by atoms with Crippen LogP contribution in [-0.4, -0.2) is 16.1 Å². The fourth-order valence-electron chi connectivity index (χ4n) is 1.14. The number of hydrogen-bond acceptors (Lipinski definition) is 4. The third kappa shape index (κ3) is 1.97. The van der Waals surface area contributed by atoms with Gasteiger partial charge in [0.1, 0.15) is 0 Å². The Labute approximate surface area is 84.3 Å². The molecule has 2 rings (SSSR count). The number of anilines is 1. The van der Waals surface area contributed by atoms with E-state index in [1.54, 1.807) is 0 Å². The van der Waals surface area contributed by atoms with E-state index in [0.29, 0.717) is 15.5 Å². The van der Waals surface area contributed by atoms with Crippen LogP contribution in [0.5, 0.6) is 0 Å². The second-order valence-corrected chi connectivity index (χ2v) is 4.73. The molecule has 4 nitrogen and oxygen atoms in total. The van der Waals surface area contributed by atoms with Gasteiger partial charge in [-0.25, -0.2) is 0 Å². The Morgan fingerprint density at radius 2 is 2.38 bits per heavy atom. The molecule has 1 N–H and O–H groups in total. The van der Waals surface area contributed by atoms with Crippen molar-refractivity contribution in [2.24, 2.45) is 11.8 Å². The number of carbonyl (C=O) groups excluding carboxylic acids is 1. The normalized spacial score (nSPS) is 25.7. The van der Waals surface area contributed by atoms with E-state index in [-0.39, 0.29) is 11.8 Å². The van der Waals surface area contributed by atoms with Crippen molar-refractivity contribution >= 4 is 34.0 Å². The maximum Gasteiger partial charge on any atom is 0.229 e. The molecule has 0 aliphatic heterocycles. The van der Waals surface area contributed by atoms with Crippen molar-refractivity contribution in [3.05, 3.63) is 4.47 Å². The number of amides is 1. The molecule has 1 amide bonds. The predicted octanol–water partition coefficient (Wildman–Crippen LogP) is 1.79. The Morgan fingerprint density at radius 1 is 1.69 bits per heavy atom. The number of aromatic nitrogens is 2. The second-order valence-electron chi connectivity index (χ2n) is 3.17. The molecule has 0 bridgehead atoms. The number of halogens is 1. The van der Waals surface area contributed by atoms with Crippen LogP contribution < -0.4 is 5.32 Å². The Kier molecular flexibility index (Phi) is 2.21. The van der Waals surface area contributed by atoms with E-state index >= 15 is 0 Å². The highest BCUT2D eigenvalue weighted by molar-refractivity contribution is 7.19. The number of hydrogen-bond donors (Lipinski definition) is 1. The molecular weight excluding hydrogens is 210 g/mol. The van der Waals surface area contributed by atoms with Crippen molar-refractivity contribution in [3.63, 3.8) is 0 Å².